The maximum atomic E-state index is 4.55. The summed E-state index contributed by atoms with van der Waals surface area (Å²) in [5, 5.41) is 10.0. The van der Waals surface area contributed by atoms with Crippen LogP contribution in [-0.4, -0.2) is 9.97 Å². The molecule has 0 aliphatic heterocycles. The molecular weight excluding hydrogens is 308 g/mol. The van der Waals surface area contributed by atoms with Crippen molar-refractivity contribution in [2.75, 3.05) is 0 Å². The van der Waals surface area contributed by atoms with E-state index in [4.69, 9.17) is 0 Å². The highest BCUT2D eigenvalue weighted by Gasteiger charge is 2.14. The van der Waals surface area contributed by atoms with E-state index in [2.05, 4.69) is 20.2 Å². The number of azo groups is 1. The maximum absolute atomic E-state index is 4.55. The average Bonchev–Trinajstić information content (AvgIpc) is 2.70. The summed E-state index contributed by atoms with van der Waals surface area (Å²) >= 11 is 0. The van der Waals surface area contributed by atoms with Gasteiger partial charge >= 0.3 is 0 Å². The van der Waals surface area contributed by atoms with E-state index >= 15 is 0 Å². The molecule has 4 nitrogen and oxygen atoms in total. The minimum Gasteiger partial charge on any atom is -0.259 e. The zero-order valence-corrected chi connectivity index (χ0v) is 13.5. The molecule has 4 rings (SSSR count). The van der Waals surface area contributed by atoms with Crippen LogP contribution in [0.4, 0.5) is 5.82 Å². The Morgan fingerprint density at radius 3 is 2.36 bits per heavy atom. The van der Waals surface area contributed by atoms with Gasteiger partial charge in [-0.15, -0.1) is 5.11 Å². The van der Waals surface area contributed by atoms with E-state index in [-0.39, 0.29) is 6.04 Å². The summed E-state index contributed by atoms with van der Waals surface area (Å²) in [6.07, 6.45) is 1.77. The van der Waals surface area contributed by atoms with Gasteiger partial charge in [0.05, 0.1) is 11.2 Å². The Morgan fingerprint density at radius 1 is 0.720 bits per heavy atom. The molecule has 0 spiro atoms. The van der Waals surface area contributed by atoms with Crippen molar-refractivity contribution in [3.8, 4) is 0 Å². The average molecular weight is 324 g/mol. The summed E-state index contributed by atoms with van der Waals surface area (Å²) in [7, 11) is 0. The minimum atomic E-state index is -0.254. The van der Waals surface area contributed by atoms with Crippen LogP contribution in [-0.2, 0) is 0 Å². The summed E-state index contributed by atoms with van der Waals surface area (Å²) in [6.45, 7) is 0. The molecule has 0 saturated heterocycles. The van der Waals surface area contributed by atoms with Gasteiger partial charge in [0, 0.05) is 11.6 Å². The Labute approximate surface area is 145 Å². The van der Waals surface area contributed by atoms with Gasteiger partial charge in [0.1, 0.15) is 6.04 Å². The molecule has 1 unspecified atom stereocenters. The van der Waals surface area contributed by atoms with Crippen LogP contribution in [0.15, 0.2) is 101 Å². The van der Waals surface area contributed by atoms with Crippen LogP contribution in [0.2, 0.25) is 0 Å². The van der Waals surface area contributed by atoms with Crippen molar-refractivity contribution in [1.82, 2.24) is 9.97 Å². The monoisotopic (exact) mass is 324 g/mol. The summed E-state index contributed by atoms with van der Waals surface area (Å²) in [4.78, 5) is 9.00. The largest absolute Gasteiger partial charge is 0.259 e. The first-order valence-corrected chi connectivity index (χ1v) is 8.13. The fourth-order valence-corrected chi connectivity index (χ4v) is 2.70. The Kier molecular flexibility index (Phi) is 4.25. The van der Waals surface area contributed by atoms with Crippen LogP contribution in [0, 0.1) is 0 Å². The molecule has 0 aliphatic carbocycles. The molecule has 2 heterocycles. The molecule has 4 heteroatoms. The summed E-state index contributed by atoms with van der Waals surface area (Å²) in [6, 6.07) is 27.5. The van der Waals surface area contributed by atoms with Crippen LogP contribution in [0.25, 0.3) is 10.9 Å². The van der Waals surface area contributed by atoms with E-state index in [0.29, 0.717) is 5.82 Å². The van der Waals surface area contributed by atoms with Crippen molar-refractivity contribution in [2.24, 2.45) is 10.2 Å². The second kappa shape index (κ2) is 7.01. The van der Waals surface area contributed by atoms with Crippen LogP contribution < -0.4 is 0 Å². The van der Waals surface area contributed by atoms with Crippen molar-refractivity contribution in [3.05, 3.63) is 102 Å². The fourth-order valence-electron chi connectivity index (χ4n) is 2.70. The molecular formula is C21H16N4. The molecule has 0 N–H and O–H groups in total. The Morgan fingerprint density at radius 2 is 1.52 bits per heavy atom. The maximum Gasteiger partial charge on any atom is 0.174 e. The number of pyridine rings is 2. The number of aromatic nitrogens is 2. The van der Waals surface area contributed by atoms with Gasteiger partial charge < -0.3 is 0 Å². The number of hydrogen-bond acceptors (Lipinski definition) is 4. The van der Waals surface area contributed by atoms with Gasteiger partial charge in [-0.3, -0.25) is 4.98 Å². The molecule has 4 aromatic rings. The lowest BCUT2D eigenvalue weighted by Crippen LogP contribution is -1.99. The molecule has 0 fully saturated rings. The number of hydrogen-bond donors (Lipinski definition) is 0. The highest BCUT2D eigenvalue weighted by molar-refractivity contribution is 5.79. The van der Waals surface area contributed by atoms with E-state index in [0.717, 1.165) is 22.2 Å². The molecule has 0 radical (unpaired) electrons. The number of rotatable bonds is 4. The molecule has 2 aromatic carbocycles. The van der Waals surface area contributed by atoms with Crippen LogP contribution in [0.5, 0.6) is 0 Å². The van der Waals surface area contributed by atoms with Gasteiger partial charge in [0.25, 0.3) is 0 Å². The van der Waals surface area contributed by atoms with Crippen molar-refractivity contribution < 1.29 is 0 Å². The Balaban J connectivity index is 1.71. The van der Waals surface area contributed by atoms with Gasteiger partial charge in [0.2, 0.25) is 0 Å². The van der Waals surface area contributed by atoms with E-state index in [1.165, 1.54) is 0 Å². The number of nitrogens with zero attached hydrogens (tertiary/aromatic N) is 4. The minimum absolute atomic E-state index is 0.254. The second-order valence-corrected chi connectivity index (χ2v) is 5.65. The van der Waals surface area contributed by atoms with Gasteiger partial charge in [-0.25, -0.2) is 4.98 Å². The zero-order valence-electron chi connectivity index (χ0n) is 13.5. The lowest BCUT2D eigenvalue weighted by atomic mass is 10.0. The summed E-state index contributed by atoms with van der Waals surface area (Å²) < 4.78 is 0. The van der Waals surface area contributed by atoms with Crippen molar-refractivity contribution in [3.63, 3.8) is 0 Å². The quantitative estimate of drug-likeness (QED) is 0.465. The van der Waals surface area contributed by atoms with Gasteiger partial charge in [-0.2, -0.15) is 5.11 Å². The predicted molar refractivity (Wildman–Crippen MR) is 98.8 cm³/mol. The van der Waals surface area contributed by atoms with Crippen molar-refractivity contribution >= 4 is 16.7 Å². The SMILES string of the molecule is c1ccc(C(N=Nc2ccc3ccccc3n2)c2ccccn2)cc1. The van der Waals surface area contributed by atoms with Crippen LogP contribution in [0.1, 0.15) is 17.3 Å². The van der Waals surface area contributed by atoms with Crippen LogP contribution in [0.3, 0.4) is 0 Å². The molecule has 1 atom stereocenters. The molecule has 120 valence electrons. The number of fused-ring (bicyclic) bond motifs is 1. The number of para-hydroxylation sites is 1. The van der Waals surface area contributed by atoms with Crippen molar-refractivity contribution in [2.45, 2.75) is 6.04 Å². The topological polar surface area (TPSA) is 50.5 Å². The highest BCUT2D eigenvalue weighted by Crippen LogP contribution is 2.26. The molecule has 2 aromatic heterocycles. The van der Waals surface area contributed by atoms with Crippen LogP contribution >= 0.6 is 0 Å². The predicted octanol–water partition coefficient (Wildman–Crippen LogP) is 5.50. The van der Waals surface area contributed by atoms with Gasteiger partial charge in [-0.05, 0) is 35.9 Å². The van der Waals surface area contributed by atoms with Crippen molar-refractivity contribution in [1.29, 1.82) is 0 Å². The number of benzene rings is 2. The van der Waals surface area contributed by atoms with E-state index in [1.807, 2.05) is 84.9 Å². The third-order valence-electron chi connectivity index (χ3n) is 3.94. The molecule has 0 amide bonds. The van der Waals surface area contributed by atoms with E-state index < -0.39 is 0 Å². The molecule has 0 bridgehead atoms. The fraction of sp³-hybridized carbons (Fsp3) is 0.0476. The normalized spacial score (nSPS) is 12.5. The molecule has 0 saturated carbocycles. The first-order valence-electron chi connectivity index (χ1n) is 8.13. The third-order valence-corrected chi connectivity index (χ3v) is 3.94. The summed E-state index contributed by atoms with van der Waals surface area (Å²) in [5.41, 5.74) is 2.82. The standard InChI is InChI=1S/C21H16N4/c1-2-9-17(10-3-1)21(19-12-6-7-15-22-19)25-24-20-14-13-16-8-4-5-11-18(16)23-20/h1-15,21H. The zero-order chi connectivity index (χ0) is 16.9. The second-order valence-electron chi connectivity index (χ2n) is 5.65. The lowest BCUT2D eigenvalue weighted by molar-refractivity contribution is 0.775. The highest BCUT2D eigenvalue weighted by atomic mass is 15.2. The lowest BCUT2D eigenvalue weighted by Gasteiger charge is -2.10. The van der Waals surface area contributed by atoms with Gasteiger partial charge in [0.15, 0.2) is 5.82 Å². The molecule has 0 aliphatic rings. The van der Waals surface area contributed by atoms with E-state index in [9.17, 15) is 0 Å². The summed E-state index contributed by atoms with van der Waals surface area (Å²) in [5.74, 6) is 0.593. The van der Waals surface area contributed by atoms with Gasteiger partial charge in [-0.1, -0.05) is 54.6 Å². The first kappa shape index (κ1) is 15.1. The Bertz CT molecular complexity index is 958. The molecule has 25 heavy (non-hydrogen) atoms. The first-order chi connectivity index (χ1) is 12.4. The Hall–Kier alpha value is -3.40. The van der Waals surface area contributed by atoms with E-state index in [1.54, 1.807) is 6.20 Å². The smallest absolute Gasteiger partial charge is 0.174 e. The third kappa shape index (κ3) is 3.43.